The van der Waals surface area contributed by atoms with Gasteiger partial charge in [-0.3, -0.25) is 9.59 Å². The Balaban J connectivity index is 2.40. The number of aliphatic carboxylic acids is 1. The number of amides is 1. The maximum atomic E-state index is 12.1. The van der Waals surface area contributed by atoms with E-state index in [1.807, 2.05) is 6.07 Å². The summed E-state index contributed by atoms with van der Waals surface area (Å²) in [5.41, 5.74) is 0. The molecule has 6 heteroatoms. The minimum Gasteiger partial charge on any atom is -0.481 e. The predicted octanol–water partition coefficient (Wildman–Crippen LogP) is 1.90. The van der Waals surface area contributed by atoms with Gasteiger partial charge >= 0.3 is 5.97 Å². The van der Waals surface area contributed by atoms with Gasteiger partial charge in [0.15, 0.2) is 0 Å². The number of furan rings is 1. The minimum atomic E-state index is -0.829. The number of rotatable bonds is 10. The van der Waals surface area contributed by atoms with E-state index >= 15 is 0 Å². The second-order valence-electron chi connectivity index (χ2n) is 4.49. The van der Waals surface area contributed by atoms with Gasteiger partial charge in [0.25, 0.3) is 0 Å². The van der Waals surface area contributed by atoms with E-state index in [0.717, 1.165) is 5.76 Å². The van der Waals surface area contributed by atoms with Crippen LogP contribution >= 0.6 is 0 Å². The Bertz CT molecular complexity index is 402. The van der Waals surface area contributed by atoms with Crippen molar-refractivity contribution in [2.45, 2.75) is 32.2 Å². The zero-order valence-corrected chi connectivity index (χ0v) is 11.7. The summed E-state index contributed by atoms with van der Waals surface area (Å²) in [6.45, 7) is 1.37. The summed E-state index contributed by atoms with van der Waals surface area (Å²) in [5, 5.41) is 8.55. The number of methoxy groups -OCH3 is 1. The lowest BCUT2D eigenvalue weighted by molar-refractivity contribution is -0.137. The van der Waals surface area contributed by atoms with Gasteiger partial charge < -0.3 is 19.2 Å². The lowest BCUT2D eigenvalue weighted by atomic mass is 10.2. The van der Waals surface area contributed by atoms with Crippen LogP contribution in [0.1, 0.15) is 31.4 Å². The van der Waals surface area contributed by atoms with Crippen molar-refractivity contribution in [1.29, 1.82) is 0 Å². The molecule has 0 aliphatic carbocycles. The Hall–Kier alpha value is -1.82. The second kappa shape index (κ2) is 9.14. The van der Waals surface area contributed by atoms with E-state index in [0.29, 0.717) is 39.0 Å². The average molecular weight is 283 g/mol. The largest absolute Gasteiger partial charge is 0.481 e. The molecule has 0 aromatic carbocycles. The molecule has 6 nitrogen and oxygen atoms in total. The Morgan fingerprint density at radius 3 is 2.70 bits per heavy atom. The van der Waals surface area contributed by atoms with Crippen LogP contribution in [0.4, 0.5) is 0 Å². The molecule has 1 N–H and O–H groups in total. The molecule has 0 unspecified atom stereocenters. The standard InChI is InChI=1S/C14H21NO5/c1-19-10-8-15(11-12-5-4-9-20-12)13(16)6-2-3-7-14(17)18/h4-5,9H,2-3,6-8,10-11H2,1H3,(H,17,18). The molecule has 1 heterocycles. The summed E-state index contributed by atoms with van der Waals surface area (Å²) in [5.74, 6) is -0.117. The van der Waals surface area contributed by atoms with Gasteiger partial charge in [0, 0.05) is 26.5 Å². The first-order valence-corrected chi connectivity index (χ1v) is 6.64. The lowest BCUT2D eigenvalue weighted by Gasteiger charge is -2.21. The molecule has 0 aliphatic rings. The zero-order valence-electron chi connectivity index (χ0n) is 11.7. The summed E-state index contributed by atoms with van der Waals surface area (Å²) in [6, 6.07) is 3.60. The van der Waals surface area contributed by atoms with E-state index in [2.05, 4.69) is 0 Å². The Kier molecular flexibility index (Phi) is 7.42. The molecule has 20 heavy (non-hydrogen) atoms. The van der Waals surface area contributed by atoms with Crippen LogP contribution in [0.5, 0.6) is 0 Å². The molecule has 1 aromatic rings. The summed E-state index contributed by atoms with van der Waals surface area (Å²) in [6.07, 6.45) is 3.11. The molecule has 0 atom stereocenters. The molecular formula is C14H21NO5. The average Bonchev–Trinajstić information content (AvgIpc) is 2.92. The smallest absolute Gasteiger partial charge is 0.303 e. The van der Waals surface area contributed by atoms with Gasteiger partial charge in [-0.15, -0.1) is 0 Å². The summed E-state index contributed by atoms with van der Waals surface area (Å²) >= 11 is 0. The van der Waals surface area contributed by atoms with Crippen molar-refractivity contribution in [3.05, 3.63) is 24.2 Å². The maximum absolute atomic E-state index is 12.1. The van der Waals surface area contributed by atoms with Crippen LogP contribution in [0.2, 0.25) is 0 Å². The molecule has 1 rings (SSSR count). The van der Waals surface area contributed by atoms with E-state index < -0.39 is 5.97 Å². The van der Waals surface area contributed by atoms with Gasteiger partial charge in [0.05, 0.1) is 19.4 Å². The van der Waals surface area contributed by atoms with Gasteiger partial charge in [0.1, 0.15) is 5.76 Å². The number of carboxylic acid groups (broad SMARTS) is 1. The number of unbranched alkanes of at least 4 members (excludes halogenated alkanes) is 1. The number of carboxylic acids is 1. The number of ether oxygens (including phenoxy) is 1. The van der Waals surface area contributed by atoms with Crippen molar-refractivity contribution in [1.82, 2.24) is 4.90 Å². The fourth-order valence-electron chi connectivity index (χ4n) is 1.79. The van der Waals surface area contributed by atoms with Crippen LogP contribution in [0.15, 0.2) is 22.8 Å². The number of carbonyl (C=O) groups excluding carboxylic acids is 1. The highest BCUT2D eigenvalue weighted by Gasteiger charge is 2.14. The number of hydrogen-bond donors (Lipinski definition) is 1. The molecule has 0 aliphatic heterocycles. The Morgan fingerprint density at radius 1 is 1.35 bits per heavy atom. The molecule has 112 valence electrons. The quantitative estimate of drug-likeness (QED) is 0.663. The van der Waals surface area contributed by atoms with E-state index in [4.69, 9.17) is 14.3 Å². The van der Waals surface area contributed by atoms with Gasteiger partial charge in [-0.25, -0.2) is 0 Å². The number of hydrogen-bond acceptors (Lipinski definition) is 4. The van der Waals surface area contributed by atoms with E-state index in [1.165, 1.54) is 0 Å². The first-order chi connectivity index (χ1) is 9.63. The van der Waals surface area contributed by atoms with Crippen molar-refractivity contribution in [3.8, 4) is 0 Å². The number of carbonyl (C=O) groups is 2. The van der Waals surface area contributed by atoms with Crippen molar-refractivity contribution in [3.63, 3.8) is 0 Å². The fraction of sp³-hybridized carbons (Fsp3) is 0.571. The third kappa shape index (κ3) is 6.38. The molecule has 0 saturated carbocycles. The molecule has 0 bridgehead atoms. The molecule has 0 spiro atoms. The molecule has 0 saturated heterocycles. The van der Waals surface area contributed by atoms with E-state index in [1.54, 1.807) is 24.3 Å². The molecular weight excluding hydrogens is 262 g/mol. The van der Waals surface area contributed by atoms with Gasteiger partial charge in [0.2, 0.25) is 5.91 Å². The highest BCUT2D eigenvalue weighted by Crippen LogP contribution is 2.09. The van der Waals surface area contributed by atoms with E-state index in [9.17, 15) is 9.59 Å². The first-order valence-electron chi connectivity index (χ1n) is 6.64. The van der Waals surface area contributed by atoms with Crippen LogP contribution in [0, 0.1) is 0 Å². The number of nitrogens with zero attached hydrogens (tertiary/aromatic N) is 1. The van der Waals surface area contributed by atoms with Crippen molar-refractivity contribution in [2.24, 2.45) is 0 Å². The van der Waals surface area contributed by atoms with Crippen LogP contribution < -0.4 is 0 Å². The van der Waals surface area contributed by atoms with Crippen molar-refractivity contribution in [2.75, 3.05) is 20.3 Å². The van der Waals surface area contributed by atoms with Crippen LogP contribution in [0.3, 0.4) is 0 Å². The highest BCUT2D eigenvalue weighted by atomic mass is 16.5. The van der Waals surface area contributed by atoms with E-state index in [-0.39, 0.29) is 12.3 Å². The Labute approximate surface area is 118 Å². The topological polar surface area (TPSA) is 80.0 Å². The summed E-state index contributed by atoms with van der Waals surface area (Å²) < 4.78 is 10.2. The van der Waals surface area contributed by atoms with Crippen LogP contribution in [-0.4, -0.2) is 42.1 Å². The molecule has 1 amide bonds. The van der Waals surface area contributed by atoms with Gasteiger partial charge in [-0.1, -0.05) is 0 Å². The third-order valence-corrected chi connectivity index (χ3v) is 2.88. The predicted molar refractivity (Wildman–Crippen MR) is 72.1 cm³/mol. The van der Waals surface area contributed by atoms with Crippen LogP contribution in [0.25, 0.3) is 0 Å². The van der Waals surface area contributed by atoms with Crippen molar-refractivity contribution < 1.29 is 23.8 Å². The normalized spacial score (nSPS) is 10.4. The highest BCUT2D eigenvalue weighted by molar-refractivity contribution is 5.76. The molecule has 0 fully saturated rings. The SMILES string of the molecule is COCCN(Cc1ccco1)C(=O)CCCCC(=O)O. The van der Waals surface area contributed by atoms with Gasteiger partial charge in [-0.2, -0.15) is 0 Å². The second-order valence-corrected chi connectivity index (χ2v) is 4.49. The Morgan fingerprint density at radius 2 is 2.10 bits per heavy atom. The van der Waals surface area contributed by atoms with Crippen molar-refractivity contribution >= 4 is 11.9 Å². The third-order valence-electron chi connectivity index (χ3n) is 2.88. The summed E-state index contributed by atoms with van der Waals surface area (Å²) in [4.78, 5) is 24.2. The lowest BCUT2D eigenvalue weighted by Crippen LogP contribution is -2.33. The maximum Gasteiger partial charge on any atom is 0.303 e. The van der Waals surface area contributed by atoms with Gasteiger partial charge in [-0.05, 0) is 25.0 Å². The fourth-order valence-corrected chi connectivity index (χ4v) is 1.79. The molecule has 1 aromatic heterocycles. The first kappa shape index (κ1) is 16.2. The summed E-state index contributed by atoms with van der Waals surface area (Å²) in [7, 11) is 1.59. The molecule has 0 radical (unpaired) electrons. The zero-order chi connectivity index (χ0) is 14.8. The minimum absolute atomic E-state index is 0.0103. The van der Waals surface area contributed by atoms with Crippen LogP contribution in [-0.2, 0) is 20.9 Å². The monoisotopic (exact) mass is 283 g/mol.